The second-order valence-corrected chi connectivity index (χ2v) is 6.40. The fraction of sp³-hybridized carbons (Fsp3) is 0.350. The van der Waals surface area contributed by atoms with Crippen molar-refractivity contribution >= 4 is 11.9 Å². The van der Waals surface area contributed by atoms with Gasteiger partial charge in [-0.3, -0.25) is 9.59 Å². The Bertz CT molecular complexity index is 796. The summed E-state index contributed by atoms with van der Waals surface area (Å²) in [5, 5.41) is 9.60. The highest BCUT2D eigenvalue weighted by molar-refractivity contribution is 5.95. The molecule has 0 spiro atoms. The number of benzene rings is 1. The lowest BCUT2D eigenvalue weighted by Gasteiger charge is -2.17. The van der Waals surface area contributed by atoms with Crippen molar-refractivity contribution in [1.29, 1.82) is 0 Å². The first-order chi connectivity index (χ1) is 13.1. The maximum atomic E-state index is 12.9. The summed E-state index contributed by atoms with van der Waals surface area (Å²) >= 11 is 0. The van der Waals surface area contributed by atoms with Crippen molar-refractivity contribution in [3.63, 3.8) is 0 Å². The molecule has 0 unspecified atom stereocenters. The van der Waals surface area contributed by atoms with Gasteiger partial charge >= 0.3 is 5.97 Å². The van der Waals surface area contributed by atoms with Crippen LogP contribution in [-0.2, 0) is 9.53 Å². The van der Waals surface area contributed by atoms with Crippen LogP contribution in [0.5, 0.6) is 5.88 Å². The largest absolute Gasteiger partial charge is 0.481 e. The number of carbonyl (C=O) groups is 2. The number of carboxylic acid groups (broad SMARTS) is 1. The second-order valence-electron chi connectivity index (χ2n) is 6.40. The van der Waals surface area contributed by atoms with Gasteiger partial charge < -0.3 is 19.5 Å². The summed E-state index contributed by atoms with van der Waals surface area (Å²) < 4.78 is 10.4. The number of amides is 1. The number of likely N-dealkylation sites (tertiary alicyclic amines) is 1. The number of carbonyl (C=O) groups excluding carboxylic acids is 1. The predicted octanol–water partition coefficient (Wildman–Crippen LogP) is 2.05. The van der Waals surface area contributed by atoms with Crippen LogP contribution in [0.25, 0.3) is 0 Å². The van der Waals surface area contributed by atoms with E-state index in [2.05, 4.69) is 4.98 Å². The number of nitrogens with zero attached hydrogens (tertiary/aromatic N) is 2. The van der Waals surface area contributed by atoms with Gasteiger partial charge in [-0.2, -0.15) is 0 Å². The van der Waals surface area contributed by atoms with Gasteiger partial charge in [-0.15, -0.1) is 0 Å². The van der Waals surface area contributed by atoms with Crippen LogP contribution in [0.4, 0.5) is 0 Å². The maximum absolute atomic E-state index is 12.9. The molecule has 0 aliphatic carbocycles. The van der Waals surface area contributed by atoms with Crippen molar-refractivity contribution < 1.29 is 24.2 Å². The molecule has 0 saturated carbocycles. The van der Waals surface area contributed by atoms with Crippen LogP contribution in [0, 0.1) is 5.92 Å². The summed E-state index contributed by atoms with van der Waals surface area (Å²) in [6, 6.07) is 12.6. The SMILES string of the molecule is COCCOc1cc(C(=O)N2C[C@H](C(=O)O)[C@H](c3ccccc3)C2)ccn1. The first-order valence-corrected chi connectivity index (χ1v) is 8.75. The average molecular weight is 370 g/mol. The lowest BCUT2D eigenvalue weighted by molar-refractivity contribution is -0.141. The van der Waals surface area contributed by atoms with Gasteiger partial charge in [-0.1, -0.05) is 30.3 Å². The van der Waals surface area contributed by atoms with Crippen molar-refractivity contribution in [2.45, 2.75) is 5.92 Å². The van der Waals surface area contributed by atoms with Crippen molar-refractivity contribution in [3.8, 4) is 5.88 Å². The Morgan fingerprint density at radius 1 is 1.19 bits per heavy atom. The van der Waals surface area contributed by atoms with E-state index in [-0.39, 0.29) is 18.4 Å². The molecule has 2 atom stereocenters. The molecule has 27 heavy (non-hydrogen) atoms. The monoisotopic (exact) mass is 370 g/mol. The quantitative estimate of drug-likeness (QED) is 0.751. The minimum absolute atomic E-state index is 0.177. The fourth-order valence-corrected chi connectivity index (χ4v) is 3.29. The van der Waals surface area contributed by atoms with E-state index in [1.54, 1.807) is 24.1 Å². The normalized spacial score (nSPS) is 19.1. The zero-order valence-electron chi connectivity index (χ0n) is 15.1. The van der Waals surface area contributed by atoms with Crippen molar-refractivity contribution in [1.82, 2.24) is 9.88 Å². The lowest BCUT2D eigenvalue weighted by atomic mass is 9.89. The molecule has 7 heteroatoms. The molecule has 1 N–H and O–H groups in total. The molecule has 2 heterocycles. The summed E-state index contributed by atoms with van der Waals surface area (Å²) in [7, 11) is 1.58. The summed E-state index contributed by atoms with van der Waals surface area (Å²) in [5.41, 5.74) is 1.36. The molecule has 3 rings (SSSR count). The Morgan fingerprint density at radius 3 is 2.67 bits per heavy atom. The van der Waals surface area contributed by atoms with Crippen LogP contribution in [0.1, 0.15) is 21.8 Å². The Morgan fingerprint density at radius 2 is 1.96 bits per heavy atom. The molecular formula is C20H22N2O5. The van der Waals surface area contributed by atoms with E-state index in [0.29, 0.717) is 31.2 Å². The van der Waals surface area contributed by atoms with Crippen molar-refractivity contribution in [2.24, 2.45) is 5.92 Å². The minimum atomic E-state index is -0.891. The third-order valence-corrected chi connectivity index (χ3v) is 4.67. The zero-order valence-corrected chi connectivity index (χ0v) is 15.1. The third kappa shape index (κ3) is 4.43. The summed E-state index contributed by atoms with van der Waals surface area (Å²) in [6.07, 6.45) is 1.51. The van der Waals surface area contributed by atoms with Gasteiger partial charge in [0, 0.05) is 43.9 Å². The van der Waals surface area contributed by atoms with Gasteiger partial charge in [0.1, 0.15) is 6.61 Å². The van der Waals surface area contributed by atoms with Crippen LogP contribution in [-0.4, -0.2) is 60.3 Å². The van der Waals surface area contributed by atoms with E-state index in [4.69, 9.17) is 9.47 Å². The standard InChI is InChI=1S/C20H22N2O5/c1-26-9-10-27-18-11-15(7-8-21-18)19(23)22-12-16(17(13-22)20(24)25)14-5-3-2-4-6-14/h2-8,11,16-17H,9-10,12-13H2,1H3,(H,24,25)/t16-,17-/m0/s1. The summed E-state index contributed by atoms with van der Waals surface area (Å²) in [6.45, 7) is 1.30. The lowest BCUT2D eigenvalue weighted by Crippen LogP contribution is -2.30. The van der Waals surface area contributed by atoms with E-state index >= 15 is 0 Å². The van der Waals surface area contributed by atoms with Crippen LogP contribution in [0.15, 0.2) is 48.7 Å². The topological polar surface area (TPSA) is 89.0 Å². The molecule has 1 aliphatic rings. The molecule has 1 aromatic heterocycles. The van der Waals surface area contributed by atoms with Gasteiger partial charge in [-0.25, -0.2) is 4.98 Å². The van der Waals surface area contributed by atoms with E-state index < -0.39 is 11.9 Å². The van der Waals surface area contributed by atoms with Crippen LogP contribution in [0.2, 0.25) is 0 Å². The number of aliphatic carboxylic acids is 1. The molecule has 1 aliphatic heterocycles. The molecule has 2 aromatic rings. The molecule has 1 amide bonds. The summed E-state index contributed by atoms with van der Waals surface area (Å²) in [5.74, 6) is -1.63. The highest BCUT2D eigenvalue weighted by Crippen LogP contribution is 2.33. The first-order valence-electron chi connectivity index (χ1n) is 8.75. The number of ether oxygens (including phenoxy) is 2. The molecular weight excluding hydrogens is 348 g/mol. The Hall–Kier alpha value is -2.93. The highest BCUT2D eigenvalue weighted by Gasteiger charge is 2.40. The fourth-order valence-electron chi connectivity index (χ4n) is 3.29. The number of rotatable bonds is 7. The van der Waals surface area contributed by atoms with Crippen LogP contribution in [0.3, 0.4) is 0 Å². The molecule has 1 aromatic carbocycles. The predicted molar refractivity (Wildman–Crippen MR) is 97.8 cm³/mol. The van der Waals surface area contributed by atoms with Gasteiger partial charge in [0.05, 0.1) is 12.5 Å². The molecule has 1 fully saturated rings. The zero-order chi connectivity index (χ0) is 19.2. The molecule has 142 valence electrons. The van der Waals surface area contributed by atoms with Gasteiger partial charge in [0.15, 0.2) is 0 Å². The Balaban J connectivity index is 1.75. The number of methoxy groups -OCH3 is 1. The van der Waals surface area contributed by atoms with Gasteiger partial charge in [0.2, 0.25) is 5.88 Å². The average Bonchev–Trinajstić information content (AvgIpc) is 3.14. The van der Waals surface area contributed by atoms with Crippen molar-refractivity contribution in [2.75, 3.05) is 33.4 Å². The molecule has 0 radical (unpaired) electrons. The van der Waals surface area contributed by atoms with E-state index in [0.717, 1.165) is 5.56 Å². The molecule has 7 nitrogen and oxygen atoms in total. The van der Waals surface area contributed by atoms with Crippen molar-refractivity contribution in [3.05, 3.63) is 59.8 Å². The third-order valence-electron chi connectivity index (χ3n) is 4.67. The first kappa shape index (κ1) is 18.8. The van der Waals surface area contributed by atoms with Gasteiger partial charge in [0.25, 0.3) is 5.91 Å². The van der Waals surface area contributed by atoms with E-state index in [1.165, 1.54) is 6.20 Å². The molecule has 0 bridgehead atoms. The second kappa shape index (κ2) is 8.64. The number of hydrogen-bond donors (Lipinski definition) is 1. The van der Waals surface area contributed by atoms with Crippen LogP contribution < -0.4 is 4.74 Å². The van der Waals surface area contributed by atoms with E-state index in [9.17, 15) is 14.7 Å². The molecule has 1 saturated heterocycles. The smallest absolute Gasteiger partial charge is 0.308 e. The summed E-state index contributed by atoms with van der Waals surface area (Å²) in [4.78, 5) is 30.3. The minimum Gasteiger partial charge on any atom is -0.481 e. The van der Waals surface area contributed by atoms with E-state index in [1.807, 2.05) is 30.3 Å². The number of hydrogen-bond acceptors (Lipinski definition) is 5. The number of pyridine rings is 1. The van der Waals surface area contributed by atoms with Crippen LogP contribution >= 0.6 is 0 Å². The maximum Gasteiger partial charge on any atom is 0.308 e. The highest BCUT2D eigenvalue weighted by atomic mass is 16.5. The number of aromatic nitrogens is 1. The van der Waals surface area contributed by atoms with Gasteiger partial charge in [-0.05, 0) is 11.6 Å². The Kier molecular flexibility index (Phi) is 6.03. The number of carboxylic acids is 1. The Labute approximate surface area is 157 Å².